The predicted octanol–water partition coefficient (Wildman–Crippen LogP) is 4.52. The van der Waals surface area contributed by atoms with Crippen LogP contribution in [0.3, 0.4) is 0 Å². The van der Waals surface area contributed by atoms with Crippen LogP contribution in [0.5, 0.6) is 0 Å². The van der Waals surface area contributed by atoms with E-state index in [0.29, 0.717) is 6.54 Å². The smallest absolute Gasteiger partial charge is 0.0636 e. The molecular formula is C15H16BrClN2. The molecule has 2 aromatic rings. The lowest BCUT2D eigenvalue weighted by Gasteiger charge is -2.19. The summed E-state index contributed by atoms with van der Waals surface area (Å²) >= 11 is 9.56. The summed E-state index contributed by atoms with van der Waals surface area (Å²) in [5.74, 6) is 0. The summed E-state index contributed by atoms with van der Waals surface area (Å²) in [6, 6.07) is 14.2. The summed E-state index contributed by atoms with van der Waals surface area (Å²) in [6.07, 6.45) is 0. The molecule has 0 bridgehead atoms. The van der Waals surface area contributed by atoms with Gasteiger partial charge in [-0.3, -0.25) is 0 Å². The molecule has 0 radical (unpaired) electrons. The third-order valence-electron chi connectivity index (χ3n) is 3.02. The second-order valence-electron chi connectivity index (χ2n) is 4.45. The first-order chi connectivity index (χ1) is 9.10. The van der Waals surface area contributed by atoms with Crippen LogP contribution in [0.25, 0.3) is 0 Å². The molecule has 2 rings (SSSR count). The van der Waals surface area contributed by atoms with Gasteiger partial charge in [0.2, 0.25) is 0 Å². The fourth-order valence-electron chi connectivity index (χ4n) is 1.86. The molecule has 2 nitrogen and oxygen atoms in total. The zero-order valence-electron chi connectivity index (χ0n) is 10.7. The van der Waals surface area contributed by atoms with Gasteiger partial charge < -0.3 is 11.1 Å². The highest BCUT2D eigenvalue weighted by Crippen LogP contribution is 2.24. The van der Waals surface area contributed by atoms with Crippen LogP contribution in [0.1, 0.15) is 17.2 Å². The number of benzene rings is 2. The van der Waals surface area contributed by atoms with E-state index in [1.807, 2.05) is 37.3 Å². The average Bonchev–Trinajstić information content (AvgIpc) is 2.41. The Morgan fingerprint density at radius 2 is 1.89 bits per heavy atom. The van der Waals surface area contributed by atoms with Gasteiger partial charge in [-0.05, 0) is 42.3 Å². The molecule has 1 unspecified atom stereocenters. The Balaban J connectivity index is 2.18. The Labute approximate surface area is 127 Å². The van der Waals surface area contributed by atoms with Crippen LogP contribution in [0.2, 0.25) is 5.02 Å². The number of hydrogen-bond acceptors (Lipinski definition) is 2. The maximum Gasteiger partial charge on any atom is 0.0636 e. The lowest BCUT2D eigenvalue weighted by atomic mass is 10.1. The molecule has 0 spiro atoms. The van der Waals surface area contributed by atoms with Crippen molar-refractivity contribution in [3.63, 3.8) is 0 Å². The lowest BCUT2D eigenvalue weighted by Crippen LogP contribution is -2.20. The van der Waals surface area contributed by atoms with Crippen molar-refractivity contribution in [1.29, 1.82) is 0 Å². The Bertz CT molecular complexity index is 555. The fourth-order valence-corrected chi connectivity index (χ4v) is 2.30. The molecule has 2 aromatic carbocycles. The van der Waals surface area contributed by atoms with E-state index in [1.165, 1.54) is 0 Å². The van der Waals surface area contributed by atoms with E-state index in [9.17, 15) is 0 Å². The molecule has 0 fully saturated rings. The summed E-state index contributed by atoms with van der Waals surface area (Å²) in [5, 5.41) is 4.17. The van der Waals surface area contributed by atoms with Crippen molar-refractivity contribution >= 4 is 33.2 Å². The van der Waals surface area contributed by atoms with Crippen LogP contribution in [-0.4, -0.2) is 6.54 Å². The van der Waals surface area contributed by atoms with Gasteiger partial charge in [0.05, 0.1) is 6.04 Å². The maximum absolute atomic E-state index is 6.13. The molecule has 0 saturated heterocycles. The van der Waals surface area contributed by atoms with Crippen molar-refractivity contribution in [3.8, 4) is 0 Å². The molecular weight excluding hydrogens is 324 g/mol. The molecule has 100 valence electrons. The van der Waals surface area contributed by atoms with E-state index in [-0.39, 0.29) is 6.04 Å². The predicted molar refractivity (Wildman–Crippen MR) is 85.7 cm³/mol. The molecule has 3 N–H and O–H groups in total. The first kappa shape index (κ1) is 14.4. The highest BCUT2D eigenvalue weighted by atomic mass is 79.9. The summed E-state index contributed by atoms with van der Waals surface area (Å²) in [6.45, 7) is 2.51. The second kappa shape index (κ2) is 6.42. The van der Waals surface area contributed by atoms with E-state index >= 15 is 0 Å². The highest BCUT2D eigenvalue weighted by molar-refractivity contribution is 9.10. The van der Waals surface area contributed by atoms with Gasteiger partial charge in [-0.2, -0.15) is 0 Å². The number of hydrogen-bond donors (Lipinski definition) is 2. The van der Waals surface area contributed by atoms with E-state index in [4.69, 9.17) is 17.3 Å². The zero-order chi connectivity index (χ0) is 13.8. The molecule has 1 atom stereocenters. The molecule has 4 heteroatoms. The van der Waals surface area contributed by atoms with E-state index in [2.05, 4.69) is 33.4 Å². The fraction of sp³-hybridized carbons (Fsp3) is 0.200. The second-order valence-corrected chi connectivity index (χ2v) is 5.77. The summed E-state index contributed by atoms with van der Waals surface area (Å²) in [7, 11) is 0. The minimum Gasteiger partial charge on any atom is -0.377 e. The minimum absolute atomic E-state index is 0.0758. The van der Waals surface area contributed by atoms with Crippen LogP contribution < -0.4 is 11.1 Å². The number of anilines is 1. The van der Waals surface area contributed by atoms with Gasteiger partial charge >= 0.3 is 0 Å². The molecule has 0 saturated carbocycles. The standard InChI is InChI=1S/C15H16BrClN2/c1-10-2-7-13(8-14(10)17)19-15(9-18)11-3-5-12(16)6-4-11/h2-8,15,19H,9,18H2,1H3. The van der Waals surface area contributed by atoms with Crippen LogP contribution in [0.4, 0.5) is 5.69 Å². The van der Waals surface area contributed by atoms with Crippen molar-refractivity contribution in [1.82, 2.24) is 0 Å². The van der Waals surface area contributed by atoms with E-state index in [1.54, 1.807) is 0 Å². The number of halogens is 2. The summed E-state index contributed by atoms with van der Waals surface area (Å²) in [5.41, 5.74) is 9.06. The first-order valence-corrected chi connectivity index (χ1v) is 7.25. The summed E-state index contributed by atoms with van der Waals surface area (Å²) < 4.78 is 1.06. The quantitative estimate of drug-likeness (QED) is 0.859. The Morgan fingerprint density at radius 3 is 2.47 bits per heavy atom. The molecule has 0 aromatic heterocycles. The number of nitrogens with one attached hydrogen (secondary N) is 1. The lowest BCUT2D eigenvalue weighted by molar-refractivity contribution is 0.790. The number of nitrogens with two attached hydrogens (primary N) is 1. The first-order valence-electron chi connectivity index (χ1n) is 6.08. The van der Waals surface area contributed by atoms with Gasteiger partial charge in [0.15, 0.2) is 0 Å². The largest absolute Gasteiger partial charge is 0.377 e. The van der Waals surface area contributed by atoms with Crippen LogP contribution >= 0.6 is 27.5 Å². The van der Waals surface area contributed by atoms with Crippen LogP contribution in [0, 0.1) is 6.92 Å². The molecule has 0 aliphatic heterocycles. The monoisotopic (exact) mass is 338 g/mol. The van der Waals surface area contributed by atoms with E-state index < -0.39 is 0 Å². The van der Waals surface area contributed by atoms with Gasteiger partial charge in [0, 0.05) is 21.7 Å². The van der Waals surface area contributed by atoms with Gasteiger partial charge in [-0.1, -0.05) is 45.7 Å². The van der Waals surface area contributed by atoms with Crippen LogP contribution in [-0.2, 0) is 0 Å². The highest BCUT2D eigenvalue weighted by Gasteiger charge is 2.09. The summed E-state index contributed by atoms with van der Waals surface area (Å²) in [4.78, 5) is 0. The third kappa shape index (κ3) is 3.72. The van der Waals surface area contributed by atoms with Crippen molar-refractivity contribution in [2.75, 3.05) is 11.9 Å². The van der Waals surface area contributed by atoms with Crippen molar-refractivity contribution in [2.45, 2.75) is 13.0 Å². The SMILES string of the molecule is Cc1ccc(NC(CN)c2ccc(Br)cc2)cc1Cl. The molecule has 0 amide bonds. The van der Waals surface area contributed by atoms with Crippen LogP contribution in [0.15, 0.2) is 46.9 Å². The maximum atomic E-state index is 6.13. The molecule has 19 heavy (non-hydrogen) atoms. The van der Waals surface area contributed by atoms with Crippen molar-refractivity contribution in [3.05, 3.63) is 63.1 Å². The normalized spacial score (nSPS) is 12.2. The van der Waals surface area contributed by atoms with Crippen molar-refractivity contribution in [2.24, 2.45) is 5.73 Å². The van der Waals surface area contributed by atoms with Gasteiger partial charge in [-0.15, -0.1) is 0 Å². The van der Waals surface area contributed by atoms with Crippen molar-refractivity contribution < 1.29 is 0 Å². The topological polar surface area (TPSA) is 38.0 Å². The number of rotatable bonds is 4. The van der Waals surface area contributed by atoms with Gasteiger partial charge in [-0.25, -0.2) is 0 Å². The Morgan fingerprint density at radius 1 is 1.21 bits per heavy atom. The molecule has 0 aliphatic rings. The number of aryl methyl sites for hydroxylation is 1. The van der Waals surface area contributed by atoms with Gasteiger partial charge in [0.25, 0.3) is 0 Å². The third-order valence-corrected chi connectivity index (χ3v) is 3.96. The minimum atomic E-state index is 0.0758. The zero-order valence-corrected chi connectivity index (χ0v) is 13.0. The Kier molecular flexibility index (Phi) is 4.86. The van der Waals surface area contributed by atoms with Gasteiger partial charge in [0.1, 0.15) is 0 Å². The Hall–Kier alpha value is -1.03. The average molecular weight is 340 g/mol. The molecule has 0 aliphatic carbocycles. The van der Waals surface area contributed by atoms with E-state index in [0.717, 1.165) is 26.3 Å². The molecule has 0 heterocycles.